The quantitative estimate of drug-likeness (QED) is 0.690. The third-order valence-electron chi connectivity index (χ3n) is 4.65. The molecule has 1 aliphatic carbocycles. The van der Waals surface area contributed by atoms with Crippen molar-refractivity contribution in [3.63, 3.8) is 0 Å². The second kappa shape index (κ2) is 3.19. The van der Waals surface area contributed by atoms with Crippen molar-refractivity contribution in [3.8, 4) is 0 Å². The van der Waals surface area contributed by atoms with Gasteiger partial charge in [-0.05, 0) is 24.7 Å². The Hall–Kier alpha value is -0.120. The van der Waals surface area contributed by atoms with Gasteiger partial charge < -0.3 is 15.6 Å². The molecule has 3 heteroatoms. The van der Waals surface area contributed by atoms with Crippen molar-refractivity contribution < 1.29 is 9.84 Å². The molecule has 0 spiro atoms. The van der Waals surface area contributed by atoms with Crippen molar-refractivity contribution in [2.75, 3.05) is 19.8 Å². The second-order valence-corrected chi connectivity index (χ2v) is 5.18. The van der Waals surface area contributed by atoms with Gasteiger partial charge >= 0.3 is 0 Å². The molecule has 1 heterocycles. The van der Waals surface area contributed by atoms with Gasteiger partial charge in [0.15, 0.2) is 0 Å². The Labute approximate surface area is 85.6 Å². The Morgan fingerprint density at radius 2 is 2.21 bits per heavy atom. The van der Waals surface area contributed by atoms with Gasteiger partial charge in [0, 0.05) is 18.6 Å². The molecule has 2 rings (SSSR count). The molecule has 2 aliphatic rings. The van der Waals surface area contributed by atoms with Crippen molar-refractivity contribution in [3.05, 3.63) is 0 Å². The zero-order valence-corrected chi connectivity index (χ0v) is 9.12. The van der Waals surface area contributed by atoms with E-state index >= 15 is 0 Å². The fourth-order valence-electron chi connectivity index (χ4n) is 3.15. The van der Waals surface area contributed by atoms with Crippen LogP contribution in [0.1, 0.15) is 26.7 Å². The molecule has 2 fully saturated rings. The smallest absolute Gasteiger partial charge is 0.0769 e. The molecule has 0 amide bonds. The van der Waals surface area contributed by atoms with Gasteiger partial charge in [0.25, 0.3) is 0 Å². The van der Waals surface area contributed by atoms with Crippen molar-refractivity contribution >= 4 is 0 Å². The lowest BCUT2D eigenvalue weighted by molar-refractivity contribution is -0.204. The van der Waals surface area contributed by atoms with E-state index in [1.807, 2.05) is 0 Å². The Balaban J connectivity index is 2.19. The van der Waals surface area contributed by atoms with E-state index < -0.39 is 5.60 Å². The fraction of sp³-hybridized carbons (Fsp3) is 1.00. The zero-order valence-electron chi connectivity index (χ0n) is 9.12. The first kappa shape index (κ1) is 10.4. The van der Waals surface area contributed by atoms with Crippen LogP contribution in [0.4, 0.5) is 0 Å². The van der Waals surface area contributed by atoms with Crippen molar-refractivity contribution in [2.24, 2.45) is 23.0 Å². The molecule has 1 saturated carbocycles. The molecule has 4 unspecified atom stereocenters. The van der Waals surface area contributed by atoms with E-state index in [9.17, 15) is 5.11 Å². The van der Waals surface area contributed by atoms with Crippen molar-refractivity contribution in [1.29, 1.82) is 0 Å². The second-order valence-electron chi connectivity index (χ2n) is 5.18. The number of nitrogens with two attached hydrogens (primary N) is 1. The average molecular weight is 199 g/mol. The first-order chi connectivity index (χ1) is 6.56. The monoisotopic (exact) mass is 199 g/mol. The van der Waals surface area contributed by atoms with Gasteiger partial charge in [0.2, 0.25) is 0 Å². The van der Waals surface area contributed by atoms with E-state index in [0.29, 0.717) is 25.0 Å². The van der Waals surface area contributed by atoms with Crippen LogP contribution >= 0.6 is 0 Å². The van der Waals surface area contributed by atoms with E-state index in [1.165, 1.54) is 0 Å². The van der Waals surface area contributed by atoms with Crippen LogP contribution in [0.15, 0.2) is 0 Å². The first-order valence-corrected chi connectivity index (χ1v) is 5.56. The fourth-order valence-corrected chi connectivity index (χ4v) is 3.15. The molecule has 82 valence electrons. The van der Waals surface area contributed by atoms with Gasteiger partial charge in [0.1, 0.15) is 0 Å². The largest absolute Gasteiger partial charge is 0.389 e. The molecule has 0 bridgehead atoms. The minimum absolute atomic E-state index is 0.168. The van der Waals surface area contributed by atoms with Gasteiger partial charge in [-0.1, -0.05) is 13.8 Å². The first-order valence-electron chi connectivity index (χ1n) is 5.56. The van der Waals surface area contributed by atoms with E-state index in [-0.39, 0.29) is 5.41 Å². The van der Waals surface area contributed by atoms with Crippen LogP contribution in [0.5, 0.6) is 0 Å². The summed E-state index contributed by atoms with van der Waals surface area (Å²) in [6.45, 7) is 6.25. The summed E-state index contributed by atoms with van der Waals surface area (Å²) in [5.74, 6) is 0.969. The van der Waals surface area contributed by atoms with Gasteiger partial charge in [-0.25, -0.2) is 0 Å². The van der Waals surface area contributed by atoms with E-state index in [1.54, 1.807) is 0 Å². The Bertz CT molecular complexity index is 225. The average Bonchev–Trinajstić information content (AvgIpc) is 2.67. The lowest BCUT2D eigenvalue weighted by Crippen LogP contribution is -2.65. The molecule has 4 atom stereocenters. The highest BCUT2D eigenvalue weighted by Crippen LogP contribution is 2.55. The van der Waals surface area contributed by atoms with Crippen LogP contribution in [0, 0.1) is 17.3 Å². The molecule has 1 aliphatic heterocycles. The Morgan fingerprint density at radius 3 is 2.57 bits per heavy atom. The number of hydrogen-bond acceptors (Lipinski definition) is 3. The lowest BCUT2D eigenvalue weighted by atomic mass is 9.51. The lowest BCUT2D eigenvalue weighted by Gasteiger charge is -2.58. The van der Waals surface area contributed by atoms with Crippen LogP contribution < -0.4 is 5.73 Å². The molecule has 3 N–H and O–H groups in total. The highest BCUT2D eigenvalue weighted by Gasteiger charge is 2.61. The molecule has 1 saturated heterocycles. The summed E-state index contributed by atoms with van der Waals surface area (Å²) >= 11 is 0. The van der Waals surface area contributed by atoms with E-state index in [2.05, 4.69) is 13.8 Å². The molecule has 3 nitrogen and oxygen atoms in total. The third-order valence-corrected chi connectivity index (χ3v) is 4.65. The maximum atomic E-state index is 10.6. The summed E-state index contributed by atoms with van der Waals surface area (Å²) in [5, 5.41) is 10.6. The third kappa shape index (κ3) is 1.09. The minimum Gasteiger partial charge on any atom is -0.389 e. The van der Waals surface area contributed by atoms with Crippen molar-refractivity contribution in [2.45, 2.75) is 32.3 Å². The summed E-state index contributed by atoms with van der Waals surface area (Å²) in [7, 11) is 0. The summed E-state index contributed by atoms with van der Waals surface area (Å²) in [5.41, 5.74) is 5.09. The molecule has 0 aromatic rings. The van der Waals surface area contributed by atoms with E-state index in [0.717, 1.165) is 19.4 Å². The maximum Gasteiger partial charge on any atom is 0.0769 e. The van der Waals surface area contributed by atoms with Gasteiger partial charge in [0.05, 0.1) is 12.2 Å². The number of aliphatic hydroxyl groups is 1. The van der Waals surface area contributed by atoms with E-state index in [4.69, 9.17) is 10.5 Å². The molecule has 14 heavy (non-hydrogen) atoms. The molecule has 0 aromatic carbocycles. The van der Waals surface area contributed by atoms with Crippen molar-refractivity contribution in [1.82, 2.24) is 0 Å². The number of rotatable bonds is 2. The zero-order chi connectivity index (χ0) is 10.4. The SMILES string of the molecule is CC1CC(O)(C2(CN)CCOC2)C1C. The summed E-state index contributed by atoms with van der Waals surface area (Å²) in [4.78, 5) is 0. The minimum atomic E-state index is -0.572. The highest BCUT2D eigenvalue weighted by atomic mass is 16.5. The summed E-state index contributed by atoms with van der Waals surface area (Å²) in [6.07, 6.45) is 1.80. The summed E-state index contributed by atoms with van der Waals surface area (Å²) < 4.78 is 5.42. The molecular weight excluding hydrogens is 178 g/mol. The topological polar surface area (TPSA) is 55.5 Å². The summed E-state index contributed by atoms with van der Waals surface area (Å²) in [6, 6.07) is 0. The van der Waals surface area contributed by atoms with Crippen LogP contribution in [0.2, 0.25) is 0 Å². The highest BCUT2D eigenvalue weighted by molar-refractivity contribution is 5.11. The predicted molar refractivity (Wildman–Crippen MR) is 54.8 cm³/mol. The van der Waals surface area contributed by atoms with Crippen LogP contribution in [-0.2, 0) is 4.74 Å². The van der Waals surface area contributed by atoms with Crippen LogP contribution in [-0.4, -0.2) is 30.5 Å². The Morgan fingerprint density at radius 1 is 1.50 bits per heavy atom. The van der Waals surface area contributed by atoms with Gasteiger partial charge in [-0.3, -0.25) is 0 Å². The van der Waals surface area contributed by atoms with Crippen LogP contribution in [0.3, 0.4) is 0 Å². The molecular formula is C11H21NO2. The standard InChI is InChI=1S/C11H21NO2/c1-8-5-11(13,9(8)2)10(6-12)3-4-14-7-10/h8-9,13H,3-7,12H2,1-2H3. The maximum absolute atomic E-state index is 10.6. The molecule has 0 aromatic heterocycles. The number of hydrogen-bond donors (Lipinski definition) is 2. The van der Waals surface area contributed by atoms with Gasteiger partial charge in [-0.15, -0.1) is 0 Å². The normalized spacial score (nSPS) is 53.1. The molecule has 0 radical (unpaired) electrons. The Kier molecular flexibility index (Phi) is 2.37. The predicted octanol–water partition coefficient (Wildman–Crippen LogP) is 0.759. The van der Waals surface area contributed by atoms with Crippen LogP contribution in [0.25, 0.3) is 0 Å². The van der Waals surface area contributed by atoms with Gasteiger partial charge in [-0.2, -0.15) is 0 Å². The number of ether oxygens (including phenoxy) is 1.